The van der Waals surface area contributed by atoms with E-state index in [2.05, 4.69) is 0 Å². The lowest BCUT2D eigenvalue weighted by molar-refractivity contribution is -0.136. The first-order valence-corrected chi connectivity index (χ1v) is 9.39. The molecule has 1 atom stereocenters. The third-order valence-corrected chi connectivity index (χ3v) is 5.34. The lowest BCUT2D eigenvalue weighted by atomic mass is 9.91. The van der Waals surface area contributed by atoms with Gasteiger partial charge in [0.15, 0.2) is 0 Å². The van der Waals surface area contributed by atoms with Crippen LogP contribution in [0.3, 0.4) is 0 Å². The maximum atomic E-state index is 13.0. The summed E-state index contributed by atoms with van der Waals surface area (Å²) in [6.45, 7) is 4.07. The molecule has 1 saturated heterocycles. The van der Waals surface area contributed by atoms with Crippen LogP contribution in [0.1, 0.15) is 29.3 Å². The van der Waals surface area contributed by atoms with Crippen LogP contribution < -0.4 is 5.73 Å². The molecule has 1 aromatic heterocycles. The molecule has 0 aliphatic carbocycles. The predicted molar refractivity (Wildman–Crippen MR) is 107 cm³/mol. The van der Waals surface area contributed by atoms with Crippen LogP contribution in [-0.2, 0) is 10.3 Å². The fraction of sp³-hybridized carbons (Fsp3) is 0.368. The number of thiophene rings is 1. The second-order valence-electron chi connectivity index (χ2n) is 6.52. The van der Waals surface area contributed by atoms with Crippen molar-refractivity contribution in [3.8, 4) is 0 Å². The zero-order valence-electron chi connectivity index (χ0n) is 14.8. The van der Waals surface area contributed by atoms with Crippen molar-refractivity contribution in [1.82, 2.24) is 9.80 Å². The lowest BCUT2D eigenvalue weighted by Crippen LogP contribution is -2.51. The molecule has 7 heteroatoms. The first-order chi connectivity index (χ1) is 12.0. The van der Waals surface area contributed by atoms with E-state index in [-0.39, 0.29) is 24.2 Å². The van der Waals surface area contributed by atoms with Crippen molar-refractivity contribution in [2.75, 3.05) is 26.2 Å². The third kappa shape index (κ3) is 4.26. The quantitative estimate of drug-likeness (QED) is 0.871. The van der Waals surface area contributed by atoms with Gasteiger partial charge in [0.05, 0.1) is 5.56 Å². The largest absolute Gasteiger partial charge is 0.339 e. The van der Waals surface area contributed by atoms with Crippen LogP contribution in [0.2, 0.25) is 0 Å². The fourth-order valence-electron chi connectivity index (χ4n) is 3.13. The summed E-state index contributed by atoms with van der Waals surface area (Å²) in [6.07, 6.45) is 0.756. The van der Waals surface area contributed by atoms with Gasteiger partial charge in [-0.2, -0.15) is 11.3 Å². The summed E-state index contributed by atoms with van der Waals surface area (Å²) in [6, 6.07) is 11.3. The number of nitrogens with zero attached hydrogens (tertiary/aromatic N) is 2. The molecule has 3 rings (SSSR count). The minimum Gasteiger partial charge on any atom is -0.339 e. The molecule has 0 spiro atoms. The van der Waals surface area contributed by atoms with Crippen LogP contribution in [-0.4, -0.2) is 47.8 Å². The second-order valence-corrected chi connectivity index (χ2v) is 7.30. The SMILES string of the molecule is CC(N)(C(=O)N1CCCN(C(=O)c2ccsc2)CC1)c1ccccc1.Cl. The van der Waals surface area contributed by atoms with Gasteiger partial charge in [-0.15, -0.1) is 12.4 Å². The van der Waals surface area contributed by atoms with Gasteiger partial charge < -0.3 is 15.5 Å². The van der Waals surface area contributed by atoms with Crippen LogP contribution in [0.4, 0.5) is 0 Å². The van der Waals surface area contributed by atoms with Gasteiger partial charge in [0.1, 0.15) is 5.54 Å². The number of hydrogen-bond acceptors (Lipinski definition) is 4. The molecular formula is C19H24ClN3O2S. The first kappa shape index (κ1) is 20.4. The standard InChI is InChI=1S/C19H23N3O2S.ClH/c1-19(20,16-6-3-2-4-7-16)18(24)22-10-5-9-21(11-12-22)17(23)15-8-13-25-14-15;/h2-4,6-8,13-14H,5,9-12,20H2,1H3;1H. The molecule has 0 saturated carbocycles. The molecule has 2 aromatic rings. The molecule has 1 aliphatic heterocycles. The van der Waals surface area contributed by atoms with E-state index < -0.39 is 5.54 Å². The summed E-state index contributed by atoms with van der Waals surface area (Å²) in [5.74, 6) is -0.0577. The van der Waals surface area contributed by atoms with Gasteiger partial charge in [-0.25, -0.2) is 0 Å². The van der Waals surface area contributed by atoms with Gasteiger partial charge in [0, 0.05) is 31.6 Å². The van der Waals surface area contributed by atoms with Gasteiger partial charge in [-0.1, -0.05) is 30.3 Å². The number of nitrogens with two attached hydrogens (primary N) is 1. The van der Waals surface area contributed by atoms with E-state index in [0.29, 0.717) is 26.2 Å². The van der Waals surface area contributed by atoms with Crippen molar-refractivity contribution in [1.29, 1.82) is 0 Å². The fourth-order valence-corrected chi connectivity index (χ4v) is 3.76. The number of rotatable bonds is 3. The van der Waals surface area contributed by atoms with E-state index in [1.54, 1.807) is 11.8 Å². The lowest BCUT2D eigenvalue weighted by Gasteiger charge is -2.31. The summed E-state index contributed by atoms with van der Waals surface area (Å²) in [5.41, 5.74) is 6.82. The molecule has 26 heavy (non-hydrogen) atoms. The molecule has 1 fully saturated rings. The Morgan fingerprint density at radius 3 is 2.35 bits per heavy atom. The third-order valence-electron chi connectivity index (χ3n) is 4.66. The zero-order valence-corrected chi connectivity index (χ0v) is 16.4. The monoisotopic (exact) mass is 393 g/mol. The number of hydrogen-bond donors (Lipinski definition) is 1. The van der Waals surface area contributed by atoms with Crippen LogP contribution >= 0.6 is 23.7 Å². The number of benzene rings is 1. The molecular weight excluding hydrogens is 370 g/mol. The average molecular weight is 394 g/mol. The van der Waals surface area contributed by atoms with E-state index in [0.717, 1.165) is 17.5 Å². The van der Waals surface area contributed by atoms with Crippen LogP contribution in [0, 0.1) is 0 Å². The highest BCUT2D eigenvalue weighted by Gasteiger charge is 2.35. The molecule has 2 amide bonds. The zero-order chi connectivity index (χ0) is 17.9. The minimum atomic E-state index is -1.06. The van der Waals surface area contributed by atoms with Gasteiger partial charge in [-0.3, -0.25) is 9.59 Å². The molecule has 0 radical (unpaired) electrons. The van der Waals surface area contributed by atoms with Crippen molar-refractivity contribution >= 4 is 35.6 Å². The summed E-state index contributed by atoms with van der Waals surface area (Å²) < 4.78 is 0. The normalized spacial score (nSPS) is 17.0. The van der Waals surface area contributed by atoms with Gasteiger partial charge >= 0.3 is 0 Å². The Balaban J connectivity index is 0.00000243. The molecule has 1 aromatic carbocycles. The Bertz CT molecular complexity index is 735. The Hall–Kier alpha value is -1.89. The molecule has 140 valence electrons. The topological polar surface area (TPSA) is 66.6 Å². The van der Waals surface area contributed by atoms with E-state index in [4.69, 9.17) is 5.73 Å². The molecule has 5 nitrogen and oxygen atoms in total. The number of carbonyl (C=O) groups is 2. The summed E-state index contributed by atoms with van der Waals surface area (Å²) in [7, 11) is 0. The smallest absolute Gasteiger partial charge is 0.254 e. The minimum absolute atomic E-state index is 0. The van der Waals surface area contributed by atoms with Gasteiger partial charge in [-0.05, 0) is 30.4 Å². The maximum absolute atomic E-state index is 13.0. The summed E-state index contributed by atoms with van der Waals surface area (Å²) >= 11 is 1.51. The highest BCUT2D eigenvalue weighted by molar-refractivity contribution is 7.08. The highest BCUT2D eigenvalue weighted by Crippen LogP contribution is 2.21. The summed E-state index contributed by atoms with van der Waals surface area (Å²) in [4.78, 5) is 29.1. The van der Waals surface area contributed by atoms with Crippen molar-refractivity contribution < 1.29 is 9.59 Å². The van der Waals surface area contributed by atoms with Crippen molar-refractivity contribution in [3.63, 3.8) is 0 Å². The molecule has 1 aliphatic rings. The maximum Gasteiger partial charge on any atom is 0.254 e. The molecule has 2 N–H and O–H groups in total. The van der Waals surface area contributed by atoms with E-state index in [1.165, 1.54) is 11.3 Å². The number of halogens is 1. The molecule has 0 bridgehead atoms. The second kappa shape index (κ2) is 8.66. The van der Waals surface area contributed by atoms with E-state index in [9.17, 15) is 9.59 Å². The Labute approximate surface area is 164 Å². The summed E-state index contributed by atoms with van der Waals surface area (Å²) in [5, 5.41) is 3.77. The number of carbonyl (C=O) groups excluding carboxylic acids is 2. The van der Waals surface area contributed by atoms with Gasteiger partial charge in [0.25, 0.3) is 5.91 Å². The average Bonchev–Trinajstić information content (AvgIpc) is 3.06. The predicted octanol–water partition coefficient (Wildman–Crippen LogP) is 2.72. The van der Waals surface area contributed by atoms with Crippen LogP contribution in [0.15, 0.2) is 47.2 Å². The van der Waals surface area contributed by atoms with Crippen molar-refractivity contribution in [2.45, 2.75) is 18.9 Å². The number of amides is 2. The van der Waals surface area contributed by atoms with Crippen LogP contribution in [0.5, 0.6) is 0 Å². The Kier molecular flexibility index (Phi) is 6.81. The molecule has 2 heterocycles. The van der Waals surface area contributed by atoms with E-state index >= 15 is 0 Å². The first-order valence-electron chi connectivity index (χ1n) is 8.45. The van der Waals surface area contributed by atoms with E-state index in [1.807, 2.05) is 52.1 Å². The van der Waals surface area contributed by atoms with Crippen molar-refractivity contribution in [2.24, 2.45) is 5.73 Å². The molecule has 1 unspecified atom stereocenters. The Morgan fingerprint density at radius 2 is 1.69 bits per heavy atom. The Morgan fingerprint density at radius 1 is 1.04 bits per heavy atom. The highest BCUT2D eigenvalue weighted by atomic mass is 35.5. The van der Waals surface area contributed by atoms with Gasteiger partial charge in [0.2, 0.25) is 5.91 Å². The van der Waals surface area contributed by atoms with Crippen LogP contribution in [0.25, 0.3) is 0 Å². The van der Waals surface area contributed by atoms with Crippen molar-refractivity contribution in [3.05, 3.63) is 58.3 Å².